The molecule has 3 rings (SSSR count). The van der Waals surface area contributed by atoms with Gasteiger partial charge in [-0.25, -0.2) is 0 Å². The van der Waals surface area contributed by atoms with Crippen LogP contribution in [0.15, 0.2) is 23.1 Å². The van der Waals surface area contributed by atoms with Crippen molar-refractivity contribution in [2.75, 3.05) is 13.1 Å². The van der Waals surface area contributed by atoms with Crippen LogP contribution in [0.2, 0.25) is 0 Å². The van der Waals surface area contributed by atoms with Crippen molar-refractivity contribution < 1.29 is 0 Å². The van der Waals surface area contributed by atoms with E-state index in [0.717, 1.165) is 36.2 Å². The fraction of sp³-hybridized carbons (Fsp3) is 0.500. The molecule has 0 amide bonds. The monoisotopic (exact) mass is 245 g/mol. The van der Waals surface area contributed by atoms with Crippen molar-refractivity contribution in [3.8, 4) is 0 Å². The molecule has 18 heavy (non-hydrogen) atoms. The summed E-state index contributed by atoms with van der Waals surface area (Å²) in [6.07, 6.45) is 4.44. The van der Waals surface area contributed by atoms with Gasteiger partial charge in [0.25, 0.3) is 5.56 Å². The molecular weight excluding hydrogens is 226 g/mol. The number of nitrogens with one attached hydrogen (secondary N) is 2. The predicted octanol–water partition coefficient (Wildman–Crippen LogP) is 1.64. The van der Waals surface area contributed by atoms with E-state index in [-0.39, 0.29) is 5.56 Å². The Bertz CT molecular complexity index is 605. The molecule has 1 aliphatic rings. The Morgan fingerprint density at radius 1 is 1.39 bits per heavy atom. The predicted molar refractivity (Wildman–Crippen MR) is 72.9 cm³/mol. The number of H-pyrrole nitrogens is 1. The summed E-state index contributed by atoms with van der Waals surface area (Å²) in [5, 5.41) is 4.42. The van der Waals surface area contributed by atoms with E-state index in [4.69, 9.17) is 0 Å². The summed E-state index contributed by atoms with van der Waals surface area (Å²) in [4.78, 5) is 14.9. The Hall–Kier alpha value is -1.55. The number of pyridine rings is 1. The third-order valence-corrected chi connectivity index (χ3v) is 3.81. The minimum atomic E-state index is 0.0314. The molecule has 2 aromatic rings. The quantitative estimate of drug-likeness (QED) is 0.845. The molecule has 4 nitrogen and oxygen atoms in total. The first kappa shape index (κ1) is 11.5. The molecule has 4 heteroatoms. The highest BCUT2D eigenvalue weighted by atomic mass is 16.1. The van der Waals surface area contributed by atoms with E-state index in [1.807, 2.05) is 25.3 Å². The largest absolute Gasteiger partial charge is 0.343 e. The molecule has 0 spiro atoms. The molecule has 2 N–H and O–H groups in total. The van der Waals surface area contributed by atoms with Crippen LogP contribution in [-0.4, -0.2) is 22.6 Å². The maximum atomic E-state index is 12.0. The first-order chi connectivity index (χ1) is 8.74. The molecular formula is C14H19N3O. The third-order valence-electron chi connectivity index (χ3n) is 3.81. The van der Waals surface area contributed by atoms with Gasteiger partial charge < -0.3 is 14.9 Å². The van der Waals surface area contributed by atoms with Crippen LogP contribution in [0.25, 0.3) is 10.9 Å². The highest BCUT2D eigenvalue weighted by molar-refractivity contribution is 5.79. The Labute approximate surface area is 106 Å². The van der Waals surface area contributed by atoms with Crippen LogP contribution in [0.4, 0.5) is 0 Å². The molecule has 0 unspecified atom stereocenters. The number of aromatic nitrogens is 2. The number of hydrogen-bond donors (Lipinski definition) is 2. The van der Waals surface area contributed by atoms with Crippen molar-refractivity contribution in [1.82, 2.24) is 14.9 Å². The van der Waals surface area contributed by atoms with E-state index in [1.165, 1.54) is 12.8 Å². The smallest absolute Gasteiger partial charge is 0.272 e. The van der Waals surface area contributed by atoms with Gasteiger partial charge in [0.15, 0.2) is 0 Å². The molecule has 0 saturated carbocycles. The van der Waals surface area contributed by atoms with Gasteiger partial charge in [0, 0.05) is 23.8 Å². The molecule has 0 bridgehead atoms. The Morgan fingerprint density at radius 3 is 2.94 bits per heavy atom. The lowest BCUT2D eigenvalue weighted by Gasteiger charge is -2.23. The van der Waals surface area contributed by atoms with Crippen molar-refractivity contribution in [2.24, 2.45) is 5.92 Å². The fourth-order valence-electron chi connectivity index (χ4n) is 2.87. The van der Waals surface area contributed by atoms with Crippen molar-refractivity contribution in [2.45, 2.75) is 26.3 Å². The topological polar surface area (TPSA) is 49.8 Å². The summed E-state index contributed by atoms with van der Waals surface area (Å²) >= 11 is 0. The summed E-state index contributed by atoms with van der Waals surface area (Å²) in [6, 6.07) is 4.08. The van der Waals surface area contributed by atoms with E-state index >= 15 is 0 Å². The average molecular weight is 245 g/mol. The van der Waals surface area contributed by atoms with Gasteiger partial charge in [-0.2, -0.15) is 0 Å². The molecule has 3 heterocycles. The second kappa shape index (κ2) is 4.61. The van der Waals surface area contributed by atoms with Crippen LogP contribution in [-0.2, 0) is 6.54 Å². The number of aryl methyl sites for hydroxylation is 1. The van der Waals surface area contributed by atoms with Crippen molar-refractivity contribution in [3.05, 3.63) is 34.4 Å². The van der Waals surface area contributed by atoms with Crippen molar-refractivity contribution >= 4 is 10.9 Å². The second-order valence-corrected chi connectivity index (χ2v) is 5.25. The van der Waals surface area contributed by atoms with Gasteiger partial charge in [-0.3, -0.25) is 4.79 Å². The maximum absolute atomic E-state index is 12.0. The standard InChI is InChI=1S/C14H19N3O/c1-10-8-12-4-7-17(13(12)14(18)16-10)9-11-2-5-15-6-3-11/h4,7-8,11,15H,2-3,5-6,9H2,1H3,(H,16,18). The Morgan fingerprint density at radius 2 is 2.17 bits per heavy atom. The zero-order chi connectivity index (χ0) is 12.5. The lowest BCUT2D eigenvalue weighted by atomic mass is 9.98. The SMILES string of the molecule is Cc1cc2ccn(CC3CCNCC3)c2c(=O)[nH]1. The van der Waals surface area contributed by atoms with Gasteiger partial charge in [-0.15, -0.1) is 0 Å². The summed E-state index contributed by atoms with van der Waals surface area (Å²) in [5.74, 6) is 0.683. The van der Waals surface area contributed by atoms with Crippen LogP contribution in [0, 0.1) is 12.8 Å². The van der Waals surface area contributed by atoms with Crippen molar-refractivity contribution in [1.29, 1.82) is 0 Å². The van der Waals surface area contributed by atoms with Gasteiger partial charge >= 0.3 is 0 Å². The highest BCUT2D eigenvalue weighted by Gasteiger charge is 2.15. The Kier molecular flexibility index (Phi) is 2.96. The minimum absolute atomic E-state index is 0.0314. The van der Waals surface area contributed by atoms with Gasteiger partial charge in [0.2, 0.25) is 0 Å². The number of fused-ring (bicyclic) bond motifs is 1. The molecule has 1 saturated heterocycles. The maximum Gasteiger partial charge on any atom is 0.272 e. The van der Waals surface area contributed by atoms with E-state index < -0.39 is 0 Å². The number of rotatable bonds is 2. The second-order valence-electron chi connectivity index (χ2n) is 5.25. The number of hydrogen-bond acceptors (Lipinski definition) is 2. The number of aromatic amines is 1. The first-order valence-electron chi connectivity index (χ1n) is 6.63. The Balaban J connectivity index is 1.94. The lowest BCUT2D eigenvalue weighted by molar-refractivity contribution is 0.336. The molecule has 0 atom stereocenters. The van der Waals surface area contributed by atoms with Gasteiger partial charge in [-0.05, 0) is 50.9 Å². The summed E-state index contributed by atoms with van der Waals surface area (Å²) in [5.41, 5.74) is 1.77. The van der Waals surface area contributed by atoms with Crippen LogP contribution < -0.4 is 10.9 Å². The average Bonchev–Trinajstić information content (AvgIpc) is 2.73. The summed E-state index contributed by atoms with van der Waals surface area (Å²) in [6.45, 7) is 5.07. The van der Waals surface area contributed by atoms with Crippen LogP contribution >= 0.6 is 0 Å². The highest BCUT2D eigenvalue weighted by Crippen LogP contribution is 2.18. The fourth-order valence-corrected chi connectivity index (χ4v) is 2.87. The van der Waals surface area contributed by atoms with E-state index in [1.54, 1.807) is 0 Å². The van der Waals surface area contributed by atoms with Crippen molar-refractivity contribution in [3.63, 3.8) is 0 Å². The molecule has 1 fully saturated rings. The third kappa shape index (κ3) is 2.08. The summed E-state index contributed by atoms with van der Waals surface area (Å²) in [7, 11) is 0. The lowest BCUT2D eigenvalue weighted by Crippen LogP contribution is -2.30. The minimum Gasteiger partial charge on any atom is -0.343 e. The van der Waals surface area contributed by atoms with Crippen LogP contribution in [0.3, 0.4) is 0 Å². The normalized spacial score (nSPS) is 17.4. The number of piperidine rings is 1. The summed E-state index contributed by atoms with van der Waals surface area (Å²) < 4.78 is 2.11. The van der Waals surface area contributed by atoms with Gasteiger partial charge in [-0.1, -0.05) is 0 Å². The zero-order valence-corrected chi connectivity index (χ0v) is 10.7. The van der Waals surface area contributed by atoms with E-state index in [0.29, 0.717) is 5.92 Å². The molecule has 0 aliphatic carbocycles. The zero-order valence-electron chi connectivity index (χ0n) is 10.7. The van der Waals surface area contributed by atoms with E-state index in [2.05, 4.69) is 14.9 Å². The molecule has 2 aromatic heterocycles. The first-order valence-corrected chi connectivity index (χ1v) is 6.63. The van der Waals surface area contributed by atoms with Gasteiger partial charge in [0.05, 0.1) is 0 Å². The molecule has 96 valence electrons. The van der Waals surface area contributed by atoms with Crippen LogP contribution in [0.1, 0.15) is 18.5 Å². The molecule has 1 aliphatic heterocycles. The van der Waals surface area contributed by atoms with Gasteiger partial charge in [0.1, 0.15) is 5.52 Å². The van der Waals surface area contributed by atoms with Crippen LogP contribution in [0.5, 0.6) is 0 Å². The molecule has 0 radical (unpaired) electrons. The number of nitrogens with zero attached hydrogens (tertiary/aromatic N) is 1. The molecule has 0 aromatic carbocycles. The van der Waals surface area contributed by atoms with E-state index in [9.17, 15) is 4.79 Å².